The number of aromatic amines is 1. The molecule has 1 spiro atoms. The fourth-order valence-corrected chi connectivity index (χ4v) is 5.19. The molecule has 2 N–H and O–H groups in total. The largest absolute Gasteiger partial charge is 0.350 e. The highest BCUT2D eigenvalue weighted by Gasteiger charge is 2.49. The topological polar surface area (TPSA) is 121 Å². The van der Waals surface area contributed by atoms with Gasteiger partial charge in [0.05, 0.1) is 6.20 Å². The SMILES string of the molecule is Cc1ccn2ncc(C(=O)NCC3CC4(CCC4)CN3C(=O)c3ccc4n[nH]nc4c3)c2n1. The lowest BCUT2D eigenvalue weighted by molar-refractivity contribution is 0.0686. The van der Waals surface area contributed by atoms with Gasteiger partial charge in [-0.3, -0.25) is 9.59 Å². The van der Waals surface area contributed by atoms with Crippen LogP contribution in [0.1, 0.15) is 52.1 Å². The Morgan fingerprint density at radius 3 is 2.88 bits per heavy atom. The first-order valence-electron chi connectivity index (χ1n) is 11.2. The van der Waals surface area contributed by atoms with Gasteiger partial charge in [0.15, 0.2) is 5.65 Å². The first kappa shape index (κ1) is 19.8. The van der Waals surface area contributed by atoms with E-state index in [0.717, 1.165) is 37.0 Å². The molecule has 4 aromatic rings. The summed E-state index contributed by atoms with van der Waals surface area (Å²) in [6.07, 6.45) is 7.67. The zero-order valence-electron chi connectivity index (χ0n) is 18.3. The second-order valence-electron chi connectivity index (χ2n) is 9.28. The van der Waals surface area contributed by atoms with Crippen LogP contribution in [-0.4, -0.2) is 65.9 Å². The normalized spacial score (nSPS) is 19.3. The Labute approximate surface area is 189 Å². The van der Waals surface area contributed by atoms with E-state index in [-0.39, 0.29) is 23.3 Å². The van der Waals surface area contributed by atoms with Crippen LogP contribution in [0.15, 0.2) is 36.7 Å². The van der Waals surface area contributed by atoms with E-state index >= 15 is 0 Å². The summed E-state index contributed by atoms with van der Waals surface area (Å²) in [4.78, 5) is 32.8. The average molecular weight is 444 g/mol. The Balaban J connectivity index is 1.22. The number of benzene rings is 1. The third-order valence-corrected chi connectivity index (χ3v) is 7.10. The van der Waals surface area contributed by atoms with Gasteiger partial charge in [0, 0.05) is 36.6 Å². The van der Waals surface area contributed by atoms with E-state index in [0.29, 0.717) is 28.8 Å². The number of hydrogen-bond donors (Lipinski definition) is 2. The lowest BCUT2D eigenvalue weighted by Crippen LogP contribution is -2.43. The van der Waals surface area contributed by atoms with E-state index in [1.54, 1.807) is 28.9 Å². The van der Waals surface area contributed by atoms with E-state index in [1.807, 2.05) is 17.9 Å². The van der Waals surface area contributed by atoms with Crippen molar-refractivity contribution >= 4 is 28.5 Å². The van der Waals surface area contributed by atoms with E-state index in [4.69, 9.17) is 0 Å². The van der Waals surface area contributed by atoms with E-state index < -0.39 is 0 Å². The third kappa shape index (κ3) is 3.33. The van der Waals surface area contributed by atoms with Crippen LogP contribution in [0.5, 0.6) is 0 Å². The first-order valence-corrected chi connectivity index (χ1v) is 11.2. The molecule has 0 radical (unpaired) electrons. The van der Waals surface area contributed by atoms with Crippen molar-refractivity contribution in [2.24, 2.45) is 5.41 Å². The van der Waals surface area contributed by atoms with Crippen LogP contribution in [-0.2, 0) is 0 Å². The van der Waals surface area contributed by atoms with Gasteiger partial charge in [-0.1, -0.05) is 6.42 Å². The zero-order chi connectivity index (χ0) is 22.6. The minimum atomic E-state index is -0.228. The van der Waals surface area contributed by atoms with Gasteiger partial charge >= 0.3 is 0 Å². The Hall–Kier alpha value is -3.82. The van der Waals surface area contributed by atoms with Gasteiger partial charge in [-0.25, -0.2) is 9.50 Å². The molecule has 1 saturated heterocycles. The van der Waals surface area contributed by atoms with Gasteiger partial charge in [-0.05, 0) is 55.9 Å². The predicted molar refractivity (Wildman–Crippen MR) is 120 cm³/mol. The molecule has 33 heavy (non-hydrogen) atoms. The molecular weight excluding hydrogens is 420 g/mol. The van der Waals surface area contributed by atoms with Crippen LogP contribution in [0.3, 0.4) is 0 Å². The van der Waals surface area contributed by atoms with Crippen molar-refractivity contribution in [2.75, 3.05) is 13.1 Å². The second-order valence-corrected chi connectivity index (χ2v) is 9.28. The van der Waals surface area contributed by atoms with Gasteiger partial charge in [0.1, 0.15) is 16.6 Å². The summed E-state index contributed by atoms with van der Waals surface area (Å²) in [5.41, 5.74) is 3.94. The number of rotatable bonds is 4. The molecular formula is C23H24N8O2. The van der Waals surface area contributed by atoms with Crippen molar-refractivity contribution in [2.45, 2.75) is 38.6 Å². The Bertz CT molecular complexity index is 1390. The lowest BCUT2D eigenvalue weighted by Gasteiger charge is -2.37. The van der Waals surface area contributed by atoms with Crippen LogP contribution in [0.2, 0.25) is 0 Å². The zero-order valence-corrected chi connectivity index (χ0v) is 18.3. The highest BCUT2D eigenvalue weighted by atomic mass is 16.2. The molecule has 0 bridgehead atoms. The van der Waals surface area contributed by atoms with Crippen molar-refractivity contribution in [1.29, 1.82) is 0 Å². The van der Waals surface area contributed by atoms with Crippen LogP contribution in [0.4, 0.5) is 0 Å². The van der Waals surface area contributed by atoms with Crippen molar-refractivity contribution in [1.82, 2.24) is 40.2 Å². The first-order chi connectivity index (χ1) is 16.0. The maximum Gasteiger partial charge on any atom is 0.256 e. The smallest absolute Gasteiger partial charge is 0.256 e. The molecule has 10 heteroatoms. The summed E-state index contributed by atoms with van der Waals surface area (Å²) >= 11 is 0. The van der Waals surface area contributed by atoms with Gasteiger partial charge in [0.2, 0.25) is 0 Å². The standard InChI is InChI=1S/C23H24N8O2/c1-14-5-8-31-20(26-14)17(12-25-31)21(32)24-11-16-10-23(6-2-7-23)13-30(16)22(33)15-3-4-18-19(9-15)28-29-27-18/h3-5,8-9,12,16H,2,6-7,10-11,13H2,1H3,(H,24,32)(H,27,28,29). The third-order valence-electron chi connectivity index (χ3n) is 7.10. The number of likely N-dealkylation sites (tertiary alicyclic amines) is 1. The van der Waals surface area contributed by atoms with Gasteiger partial charge < -0.3 is 10.2 Å². The molecule has 1 saturated carbocycles. The van der Waals surface area contributed by atoms with Crippen molar-refractivity contribution in [3.63, 3.8) is 0 Å². The monoisotopic (exact) mass is 444 g/mol. The minimum Gasteiger partial charge on any atom is -0.350 e. The van der Waals surface area contributed by atoms with Crippen LogP contribution in [0.25, 0.3) is 16.7 Å². The van der Waals surface area contributed by atoms with Crippen LogP contribution in [0, 0.1) is 12.3 Å². The minimum absolute atomic E-state index is 0.0313. The highest BCUT2D eigenvalue weighted by molar-refractivity contribution is 6.00. The van der Waals surface area contributed by atoms with Crippen LogP contribution >= 0.6 is 0 Å². The number of aryl methyl sites for hydroxylation is 1. The molecule has 1 unspecified atom stereocenters. The van der Waals surface area contributed by atoms with E-state index in [1.165, 1.54) is 12.6 Å². The van der Waals surface area contributed by atoms with Crippen molar-refractivity contribution in [3.8, 4) is 0 Å². The number of hydrogen-bond acceptors (Lipinski definition) is 6. The molecule has 1 aromatic carbocycles. The number of nitrogens with one attached hydrogen (secondary N) is 2. The van der Waals surface area contributed by atoms with Gasteiger partial charge in [-0.2, -0.15) is 20.5 Å². The number of H-pyrrole nitrogens is 1. The molecule has 4 heterocycles. The Morgan fingerprint density at radius 2 is 2.06 bits per heavy atom. The van der Waals surface area contributed by atoms with Gasteiger partial charge in [0.25, 0.3) is 11.8 Å². The summed E-state index contributed by atoms with van der Waals surface area (Å²) in [6, 6.07) is 7.15. The number of amides is 2. The van der Waals surface area contributed by atoms with Crippen LogP contribution < -0.4 is 5.32 Å². The lowest BCUT2D eigenvalue weighted by atomic mass is 9.67. The fraction of sp³-hybridized carbons (Fsp3) is 0.391. The maximum atomic E-state index is 13.5. The number of carbonyl (C=O) groups excluding carboxylic acids is 2. The molecule has 3 aromatic heterocycles. The number of carbonyl (C=O) groups is 2. The quantitative estimate of drug-likeness (QED) is 0.497. The van der Waals surface area contributed by atoms with E-state index in [9.17, 15) is 9.59 Å². The molecule has 1 aliphatic carbocycles. The molecule has 2 fully saturated rings. The van der Waals surface area contributed by atoms with Crippen molar-refractivity contribution in [3.05, 3.63) is 53.5 Å². The predicted octanol–water partition coefficient (Wildman–Crippen LogP) is 2.12. The maximum absolute atomic E-state index is 13.5. The summed E-state index contributed by atoms with van der Waals surface area (Å²) in [5, 5.41) is 18.0. The number of nitrogens with zero attached hydrogens (tertiary/aromatic N) is 6. The summed E-state index contributed by atoms with van der Waals surface area (Å²) in [5.74, 6) is -0.259. The van der Waals surface area contributed by atoms with E-state index in [2.05, 4.69) is 30.8 Å². The summed E-state index contributed by atoms with van der Waals surface area (Å²) in [6.45, 7) is 2.99. The highest BCUT2D eigenvalue weighted by Crippen LogP contribution is 2.50. The molecule has 2 aliphatic rings. The van der Waals surface area contributed by atoms with Crippen molar-refractivity contribution < 1.29 is 9.59 Å². The van der Waals surface area contributed by atoms with Gasteiger partial charge in [-0.15, -0.1) is 0 Å². The molecule has 6 rings (SSSR count). The Morgan fingerprint density at radius 1 is 1.21 bits per heavy atom. The molecule has 1 atom stereocenters. The number of fused-ring (bicyclic) bond motifs is 2. The summed E-state index contributed by atoms with van der Waals surface area (Å²) in [7, 11) is 0. The molecule has 1 aliphatic heterocycles. The summed E-state index contributed by atoms with van der Waals surface area (Å²) < 4.78 is 1.59. The average Bonchev–Trinajstić information content (AvgIpc) is 3.52. The number of aromatic nitrogens is 6. The second kappa shape index (κ2) is 7.36. The molecule has 2 amide bonds. The molecule has 168 valence electrons. The fourth-order valence-electron chi connectivity index (χ4n) is 5.19. The Kier molecular flexibility index (Phi) is 4.42. The molecule has 10 nitrogen and oxygen atoms in total.